The minimum Gasteiger partial charge on any atom is -0.333 e. The number of benzene rings is 1. The van der Waals surface area contributed by atoms with Gasteiger partial charge in [0.05, 0.1) is 12.0 Å². The standard InChI is InChI=1S/C17H25N3/c1-5-15-6-8-16(9-7-15)17-11-20(12-19-17)14(4)10-18-13(2)3/h6-9,11-14,18H,5,10H2,1-4H3/t14-/m0/s1. The fraction of sp³-hybridized carbons (Fsp3) is 0.471. The Morgan fingerprint density at radius 1 is 1.15 bits per heavy atom. The van der Waals surface area contributed by atoms with Crippen molar-refractivity contribution in [2.45, 2.75) is 46.2 Å². The summed E-state index contributed by atoms with van der Waals surface area (Å²) in [5, 5.41) is 3.46. The molecule has 2 aromatic rings. The third-order valence-electron chi connectivity index (χ3n) is 3.59. The summed E-state index contributed by atoms with van der Waals surface area (Å²) in [7, 11) is 0. The van der Waals surface area contributed by atoms with Crippen LogP contribution in [-0.4, -0.2) is 22.1 Å². The maximum absolute atomic E-state index is 4.53. The molecule has 0 unspecified atom stereocenters. The van der Waals surface area contributed by atoms with Gasteiger partial charge in [-0.1, -0.05) is 45.0 Å². The zero-order valence-electron chi connectivity index (χ0n) is 12.9. The van der Waals surface area contributed by atoms with Crippen molar-refractivity contribution in [3.63, 3.8) is 0 Å². The Kier molecular flexibility index (Phi) is 4.96. The van der Waals surface area contributed by atoms with Crippen LogP contribution in [0.1, 0.15) is 39.3 Å². The second kappa shape index (κ2) is 6.71. The highest BCUT2D eigenvalue weighted by Crippen LogP contribution is 2.19. The molecule has 0 amide bonds. The number of hydrogen-bond acceptors (Lipinski definition) is 2. The van der Waals surface area contributed by atoms with Crippen molar-refractivity contribution in [3.8, 4) is 11.3 Å². The Bertz CT molecular complexity index is 525. The van der Waals surface area contributed by atoms with Crippen molar-refractivity contribution >= 4 is 0 Å². The molecule has 0 spiro atoms. The molecule has 1 N–H and O–H groups in total. The summed E-state index contributed by atoms with van der Waals surface area (Å²) < 4.78 is 2.18. The van der Waals surface area contributed by atoms with E-state index in [0.29, 0.717) is 12.1 Å². The molecule has 1 atom stereocenters. The van der Waals surface area contributed by atoms with Crippen molar-refractivity contribution in [2.75, 3.05) is 6.54 Å². The Morgan fingerprint density at radius 3 is 2.45 bits per heavy atom. The highest BCUT2D eigenvalue weighted by Gasteiger charge is 2.08. The fourth-order valence-electron chi connectivity index (χ4n) is 2.15. The number of hydrogen-bond donors (Lipinski definition) is 1. The summed E-state index contributed by atoms with van der Waals surface area (Å²) in [5.74, 6) is 0. The Labute approximate surface area is 122 Å². The van der Waals surface area contributed by atoms with Crippen LogP contribution >= 0.6 is 0 Å². The molecule has 0 saturated heterocycles. The van der Waals surface area contributed by atoms with Gasteiger partial charge in [0, 0.05) is 30.4 Å². The highest BCUT2D eigenvalue weighted by atomic mass is 15.1. The molecule has 108 valence electrons. The molecule has 3 heteroatoms. The van der Waals surface area contributed by atoms with Gasteiger partial charge >= 0.3 is 0 Å². The third-order valence-corrected chi connectivity index (χ3v) is 3.59. The summed E-state index contributed by atoms with van der Waals surface area (Å²) in [5.41, 5.74) is 3.59. The molecule has 0 aliphatic heterocycles. The number of nitrogens with one attached hydrogen (secondary N) is 1. The molecule has 0 bridgehead atoms. The van der Waals surface area contributed by atoms with E-state index in [1.54, 1.807) is 0 Å². The lowest BCUT2D eigenvalue weighted by Crippen LogP contribution is -2.28. The van der Waals surface area contributed by atoms with Crippen LogP contribution in [0.5, 0.6) is 0 Å². The van der Waals surface area contributed by atoms with E-state index in [1.165, 1.54) is 11.1 Å². The molecule has 0 fully saturated rings. The molecule has 0 radical (unpaired) electrons. The molecular weight excluding hydrogens is 246 g/mol. The molecule has 0 aliphatic rings. The van der Waals surface area contributed by atoms with Gasteiger partial charge < -0.3 is 9.88 Å². The van der Waals surface area contributed by atoms with Crippen LogP contribution in [0.25, 0.3) is 11.3 Å². The highest BCUT2D eigenvalue weighted by molar-refractivity contribution is 5.58. The van der Waals surface area contributed by atoms with Crippen molar-refractivity contribution in [1.29, 1.82) is 0 Å². The zero-order valence-corrected chi connectivity index (χ0v) is 12.9. The van der Waals surface area contributed by atoms with Gasteiger partial charge in [-0.2, -0.15) is 0 Å². The SMILES string of the molecule is CCc1ccc(-c2cn([C@@H](C)CNC(C)C)cn2)cc1. The maximum atomic E-state index is 4.53. The number of nitrogens with zero attached hydrogens (tertiary/aromatic N) is 2. The minimum atomic E-state index is 0.411. The summed E-state index contributed by atoms with van der Waals surface area (Å²) >= 11 is 0. The number of aryl methyl sites for hydroxylation is 1. The number of rotatable bonds is 6. The van der Waals surface area contributed by atoms with Crippen LogP contribution in [0.15, 0.2) is 36.8 Å². The first-order valence-corrected chi connectivity index (χ1v) is 7.46. The van der Waals surface area contributed by atoms with E-state index < -0.39 is 0 Å². The maximum Gasteiger partial charge on any atom is 0.0956 e. The van der Waals surface area contributed by atoms with Crippen LogP contribution in [0.2, 0.25) is 0 Å². The zero-order chi connectivity index (χ0) is 14.5. The lowest BCUT2D eigenvalue weighted by molar-refractivity contribution is 0.464. The molecule has 1 aromatic carbocycles. The second-order valence-electron chi connectivity index (χ2n) is 5.67. The molecule has 1 aromatic heterocycles. The smallest absolute Gasteiger partial charge is 0.0956 e. The first kappa shape index (κ1) is 14.8. The summed E-state index contributed by atoms with van der Waals surface area (Å²) in [6, 6.07) is 9.59. The molecular formula is C17H25N3. The van der Waals surface area contributed by atoms with Crippen LogP contribution in [0.3, 0.4) is 0 Å². The van der Waals surface area contributed by atoms with E-state index in [9.17, 15) is 0 Å². The quantitative estimate of drug-likeness (QED) is 0.868. The minimum absolute atomic E-state index is 0.411. The van der Waals surface area contributed by atoms with Crippen LogP contribution in [0, 0.1) is 0 Å². The largest absolute Gasteiger partial charge is 0.333 e. The summed E-state index contributed by atoms with van der Waals surface area (Å²) in [4.78, 5) is 4.53. The normalized spacial score (nSPS) is 12.8. The molecule has 3 nitrogen and oxygen atoms in total. The lowest BCUT2D eigenvalue weighted by Gasteiger charge is -2.15. The van der Waals surface area contributed by atoms with Crippen molar-refractivity contribution in [1.82, 2.24) is 14.9 Å². The average Bonchev–Trinajstić information content (AvgIpc) is 2.94. The van der Waals surface area contributed by atoms with Gasteiger partial charge in [-0.05, 0) is 18.9 Å². The predicted octanol–water partition coefficient (Wildman–Crippen LogP) is 3.67. The molecule has 2 rings (SSSR count). The van der Waals surface area contributed by atoms with Gasteiger partial charge in [0.2, 0.25) is 0 Å². The Morgan fingerprint density at radius 2 is 1.85 bits per heavy atom. The van der Waals surface area contributed by atoms with Crippen molar-refractivity contribution in [3.05, 3.63) is 42.4 Å². The topological polar surface area (TPSA) is 29.9 Å². The summed E-state index contributed by atoms with van der Waals surface area (Å²) in [6.45, 7) is 9.68. The van der Waals surface area contributed by atoms with Gasteiger partial charge in [0.25, 0.3) is 0 Å². The van der Waals surface area contributed by atoms with Gasteiger partial charge in [0.15, 0.2) is 0 Å². The monoisotopic (exact) mass is 271 g/mol. The van der Waals surface area contributed by atoms with Gasteiger partial charge in [-0.25, -0.2) is 4.98 Å². The van der Waals surface area contributed by atoms with E-state index in [2.05, 4.69) is 73.0 Å². The summed E-state index contributed by atoms with van der Waals surface area (Å²) in [6.07, 6.45) is 5.13. The number of aromatic nitrogens is 2. The fourth-order valence-corrected chi connectivity index (χ4v) is 2.15. The molecule has 0 saturated carbocycles. The van der Waals surface area contributed by atoms with Crippen molar-refractivity contribution < 1.29 is 0 Å². The van der Waals surface area contributed by atoms with Crippen LogP contribution < -0.4 is 5.32 Å². The van der Waals surface area contributed by atoms with Crippen LogP contribution in [-0.2, 0) is 6.42 Å². The van der Waals surface area contributed by atoms with Crippen molar-refractivity contribution in [2.24, 2.45) is 0 Å². The van der Waals surface area contributed by atoms with E-state index in [1.807, 2.05) is 6.33 Å². The van der Waals surface area contributed by atoms with E-state index in [4.69, 9.17) is 0 Å². The molecule has 0 aliphatic carbocycles. The second-order valence-corrected chi connectivity index (χ2v) is 5.67. The van der Waals surface area contributed by atoms with E-state index in [-0.39, 0.29) is 0 Å². The van der Waals surface area contributed by atoms with E-state index >= 15 is 0 Å². The third kappa shape index (κ3) is 3.70. The van der Waals surface area contributed by atoms with Gasteiger partial charge in [-0.15, -0.1) is 0 Å². The predicted molar refractivity (Wildman–Crippen MR) is 84.9 cm³/mol. The molecule has 20 heavy (non-hydrogen) atoms. The number of imidazole rings is 1. The Balaban J connectivity index is 2.07. The first-order chi connectivity index (χ1) is 9.60. The average molecular weight is 271 g/mol. The lowest BCUT2D eigenvalue weighted by atomic mass is 10.1. The van der Waals surface area contributed by atoms with E-state index in [0.717, 1.165) is 18.7 Å². The van der Waals surface area contributed by atoms with Gasteiger partial charge in [0.1, 0.15) is 0 Å². The molecule has 1 heterocycles. The Hall–Kier alpha value is -1.61. The van der Waals surface area contributed by atoms with Gasteiger partial charge in [-0.3, -0.25) is 0 Å². The first-order valence-electron chi connectivity index (χ1n) is 7.46. The van der Waals surface area contributed by atoms with Crippen LogP contribution in [0.4, 0.5) is 0 Å².